The Morgan fingerprint density at radius 3 is 2.39 bits per heavy atom. The Bertz CT molecular complexity index is 1130. The fourth-order valence-electron chi connectivity index (χ4n) is 4.90. The van der Waals surface area contributed by atoms with Gasteiger partial charge in [0.2, 0.25) is 11.9 Å². The van der Waals surface area contributed by atoms with E-state index >= 15 is 0 Å². The molecule has 0 saturated heterocycles. The Labute approximate surface area is 188 Å². The van der Waals surface area contributed by atoms with Gasteiger partial charge in [0.15, 0.2) is 5.65 Å². The summed E-state index contributed by atoms with van der Waals surface area (Å²) in [4.78, 5) is 13.6. The van der Waals surface area contributed by atoms with Crippen LogP contribution in [0.1, 0.15) is 69.4 Å². The summed E-state index contributed by atoms with van der Waals surface area (Å²) in [5.41, 5.74) is -0.0716. The van der Waals surface area contributed by atoms with E-state index in [2.05, 4.69) is 20.6 Å². The fourth-order valence-corrected chi connectivity index (χ4v) is 4.90. The van der Waals surface area contributed by atoms with Crippen molar-refractivity contribution in [2.24, 2.45) is 0 Å². The van der Waals surface area contributed by atoms with Crippen LogP contribution in [-0.4, -0.2) is 25.6 Å². The molecule has 2 aliphatic carbocycles. The van der Waals surface area contributed by atoms with Gasteiger partial charge < -0.3 is 10.6 Å². The predicted octanol–water partition coefficient (Wildman–Crippen LogP) is 6.59. The summed E-state index contributed by atoms with van der Waals surface area (Å²) in [5, 5.41) is 6.22. The van der Waals surface area contributed by atoms with Crippen LogP contribution >= 0.6 is 0 Å². The van der Waals surface area contributed by atoms with E-state index in [9.17, 15) is 17.6 Å². The van der Waals surface area contributed by atoms with Gasteiger partial charge in [0.05, 0.1) is 17.4 Å². The molecule has 176 valence electrons. The number of halogens is 4. The molecule has 0 spiro atoms. The van der Waals surface area contributed by atoms with E-state index in [0.29, 0.717) is 23.2 Å². The third-order valence-corrected chi connectivity index (χ3v) is 6.60. The normalized spacial score (nSPS) is 18.2. The van der Waals surface area contributed by atoms with E-state index in [-0.39, 0.29) is 17.7 Å². The monoisotopic (exact) mass is 462 g/mol. The zero-order valence-electron chi connectivity index (χ0n) is 18.1. The number of fused-ring (bicyclic) bond motifs is 1. The number of benzene rings is 1. The summed E-state index contributed by atoms with van der Waals surface area (Å²) < 4.78 is 55.8. The van der Waals surface area contributed by atoms with Crippen molar-refractivity contribution in [3.63, 3.8) is 0 Å². The van der Waals surface area contributed by atoms with E-state index in [0.717, 1.165) is 56.7 Å². The molecule has 0 bridgehead atoms. The molecule has 10 heteroatoms. The predicted molar refractivity (Wildman–Crippen MR) is 118 cm³/mol. The lowest BCUT2D eigenvalue weighted by atomic mass is 9.96. The smallest absolute Gasteiger partial charge is 0.351 e. The average Bonchev–Trinajstić information content (AvgIpc) is 3.42. The standard InChI is InChI=1S/C23H26F4N6/c24-17-11-10-14(23(25,26)27)12-18(17)30-22-31-19-13-28-21(29-15-6-2-1-3-7-15)32-20(19)33(22)16-8-4-5-9-16/h10-13,15-16H,1-9H2,(H,30,31)(H,28,29,32). The summed E-state index contributed by atoms with van der Waals surface area (Å²) in [5.74, 6) is 0.0170. The topological polar surface area (TPSA) is 67.7 Å². The highest BCUT2D eigenvalue weighted by Gasteiger charge is 2.32. The van der Waals surface area contributed by atoms with Crippen LogP contribution in [-0.2, 0) is 6.18 Å². The second-order valence-electron chi connectivity index (χ2n) is 8.94. The summed E-state index contributed by atoms with van der Waals surface area (Å²) in [6.45, 7) is 0. The number of alkyl halides is 3. The Morgan fingerprint density at radius 2 is 1.67 bits per heavy atom. The number of nitrogens with one attached hydrogen (secondary N) is 2. The minimum Gasteiger partial charge on any atom is -0.351 e. The van der Waals surface area contributed by atoms with Crippen molar-refractivity contribution in [1.82, 2.24) is 19.5 Å². The minimum atomic E-state index is -4.57. The van der Waals surface area contributed by atoms with Crippen molar-refractivity contribution < 1.29 is 17.6 Å². The van der Waals surface area contributed by atoms with Gasteiger partial charge in [-0.1, -0.05) is 32.1 Å². The van der Waals surface area contributed by atoms with Gasteiger partial charge in [-0.3, -0.25) is 4.57 Å². The lowest BCUT2D eigenvalue weighted by Crippen LogP contribution is -2.23. The second kappa shape index (κ2) is 8.79. The maximum Gasteiger partial charge on any atom is 0.416 e. The maximum atomic E-state index is 14.4. The van der Waals surface area contributed by atoms with E-state index < -0.39 is 17.6 Å². The lowest BCUT2D eigenvalue weighted by molar-refractivity contribution is -0.137. The molecule has 2 fully saturated rings. The highest BCUT2D eigenvalue weighted by atomic mass is 19.4. The first-order valence-electron chi connectivity index (χ1n) is 11.5. The van der Waals surface area contributed by atoms with Crippen LogP contribution < -0.4 is 10.6 Å². The van der Waals surface area contributed by atoms with E-state index in [4.69, 9.17) is 4.98 Å². The third kappa shape index (κ3) is 4.60. The largest absolute Gasteiger partial charge is 0.416 e. The van der Waals surface area contributed by atoms with Crippen molar-refractivity contribution in [3.8, 4) is 0 Å². The summed E-state index contributed by atoms with van der Waals surface area (Å²) in [7, 11) is 0. The third-order valence-electron chi connectivity index (χ3n) is 6.60. The number of hydrogen-bond donors (Lipinski definition) is 2. The number of imidazole rings is 1. The molecule has 0 atom stereocenters. The van der Waals surface area contributed by atoms with Crippen molar-refractivity contribution in [1.29, 1.82) is 0 Å². The van der Waals surface area contributed by atoms with Crippen molar-refractivity contribution in [3.05, 3.63) is 35.8 Å². The number of aromatic nitrogens is 4. The first-order chi connectivity index (χ1) is 15.9. The van der Waals surface area contributed by atoms with Gasteiger partial charge in [-0.25, -0.2) is 14.4 Å². The van der Waals surface area contributed by atoms with Crippen LogP contribution in [0, 0.1) is 5.82 Å². The molecule has 2 aromatic heterocycles. The summed E-state index contributed by atoms with van der Waals surface area (Å²) >= 11 is 0. The SMILES string of the molecule is Fc1ccc(C(F)(F)F)cc1Nc1nc2cnc(NC3CCCCC3)nc2n1C1CCCC1. The second-order valence-corrected chi connectivity index (χ2v) is 8.94. The van der Waals surface area contributed by atoms with Gasteiger partial charge in [0.1, 0.15) is 11.3 Å². The Kier molecular flexibility index (Phi) is 5.84. The highest BCUT2D eigenvalue weighted by molar-refractivity contribution is 5.76. The molecule has 6 nitrogen and oxygen atoms in total. The van der Waals surface area contributed by atoms with Gasteiger partial charge in [0, 0.05) is 12.1 Å². The van der Waals surface area contributed by atoms with Gasteiger partial charge in [0.25, 0.3) is 0 Å². The van der Waals surface area contributed by atoms with E-state index in [1.54, 1.807) is 6.20 Å². The first-order valence-corrected chi connectivity index (χ1v) is 11.5. The van der Waals surface area contributed by atoms with Crippen LogP contribution in [0.5, 0.6) is 0 Å². The van der Waals surface area contributed by atoms with Gasteiger partial charge in [-0.15, -0.1) is 0 Å². The van der Waals surface area contributed by atoms with Crippen LogP contribution in [0.25, 0.3) is 11.2 Å². The summed E-state index contributed by atoms with van der Waals surface area (Å²) in [6.07, 6.45) is 6.69. The Balaban J connectivity index is 1.52. The first kappa shape index (κ1) is 21.9. The number of nitrogens with zero attached hydrogens (tertiary/aromatic N) is 4. The van der Waals surface area contributed by atoms with Gasteiger partial charge in [-0.05, 0) is 43.9 Å². The molecule has 0 radical (unpaired) electrons. The van der Waals surface area contributed by atoms with Crippen LogP contribution in [0.4, 0.5) is 35.1 Å². The fraction of sp³-hybridized carbons (Fsp3) is 0.522. The molecule has 2 heterocycles. The van der Waals surface area contributed by atoms with Gasteiger partial charge >= 0.3 is 6.18 Å². The molecule has 33 heavy (non-hydrogen) atoms. The Morgan fingerprint density at radius 1 is 0.939 bits per heavy atom. The molecule has 5 rings (SSSR count). The molecule has 2 aliphatic rings. The molecule has 0 amide bonds. The molecule has 3 aromatic rings. The average molecular weight is 462 g/mol. The van der Waals surface area contributed by atoms with Crippen LogP contribution in [0.3, 0.4) is 0 Å². The zero-order valence-corrected chi connectivity index (χ0v) is 18.1. The highest BCUT2D eigenvalue weighted by Crippen LogP contribution is 2.37. The zero-order chi connectivity index (χ0) is 23.0. The van der Waals surface area contributed by atoms with Crippen molar-refractivity contribution in [2.45, 2.75) is 76.0 Å². The molecule has 0 aliphatic heterocycles. The molecular weight excluding hydrogens is 436 g/mol. The number of anilines is 3. The van der Waals surface area contributed by atoms with E-state index in [1.807, 2.05) is 4.57 Å². The maximum absolute atomic E-state index is 14.4. The molecular formula is C23H26F4N6. The Hall–Kier alpha value is -2.91. The molecule has 2 saturated carbocycles. The number of rotatable bonds is 5. The molecule has 1 aromatic carbocycles. The van der Waals surface area contributed by atoms with Crippen molar-refractivity contribution in [2.75, 3.05) is 10.6 Å². The van der Waals surface area contributed by atoms with Crippen LogP contribution in [0.2, 0.25) is 0 Å². The van der Waals surface area contributed by atoms with E-state index in [1.165, 1.54) is 19.3 Å². The molecule has 0 unspecified atom stereocenters. The molecule has 2 N–H and O–H groups in total. The van der Waals surface area contributed by atoms with Crippen molar-refractivity contribution >= 4 is 28.7 Å². The quantitative estimate of drug-likeness (QED) is 0.419. The summed E-state index contributed by atoms with van der Waals surface area (Å²) in [6, 6.07) is 2.74. The van der Waals surface area contributed by atoms with Gasteiger partial charge in [-0.2, -0.15) is 18.2 Å². The van der Waals surface area contributed by atoms with Crippen LogP contribution in [0.15, 0.2) is 24.4 Å². The lowest BCUT2D eigenvalue weighted by Gasteiger charge is -2.22. The minimum absolute atomic E-state index is 0.0868. The number of hydrogen-bond acceptors (Lipinski definition) is 5.